The third-order valence-electron chi connectivity index (χ3n) is 8.12. The molecule has 0 aliphatic carbocycles. The van der Waals surface area contributed by atoms with Gasteiger partial charge in [0, 0.05) is 34.0 Å². The highest BCUT2D eigenvalue weighted by atomic mass is 32.2. The Labute approximate surface area is 263 Å². The molecule has 0 atom stereocenters. The monoisotopic (exact) mass is 615 g/mol. The zero-order valence-electron chi connectivity index (χ0n) is 27.4. The van der Waals surface area contributed by atoms with E-state index in [9.17, 15) is 15.0 Å². The molecule has 42 heavy (non-hydrogen) atoms. The van der Waals surface area contributed by atoms with Crippen LogP contribution >= 0.6 is 23.5 Å². The lowest BCUT2D eigenvalue weighted by Crippen LogP contribution is -2.43. The van der Waals surface area contributed by atoms with Crippen LogP contribution in [-0.2, 0) is 23.7 Å². The van der Waals surface area contributed by atoms with Crippen molar-refractivity contribution in [1.82, 2.24) is 4.90 Å². The molecule has 1 fully saturated rings. The first kappa shape index (κ1) is 34.5. The Morgan fingerprint density at radius 3 is 1.64 bits per heavy atom. The Kier molecular flexibility index (Phi) is 11.7. The summed E-state index contributed by atoms with van der Waals surface area (Å²) in [4.78, 5) is 15.8. The van der Waals surface area contributed by atoms with E-state index in [1.165, 1.54) is 16.0 Å². The number of likely N-dealkylation sites (tertiary alicyclic amines) is 1. The van der Waals surface area contributed by atoms with Crippen molar-refractivity contribution in [2.45, 2.75) is 131 Å². The highest BCUT2D eigenvalue weighted by molar-refractivity contribution is 8.18. The number of methoxy groups -OCH3 is 1. The fraction of sp³-hybridized carbons (Fsp3) is 0.629. The number of carbonyl (C=O) groups is 1. The number of phenolic OH excluding ortho intramolecular Hbond substituents is 1. The molecular formula is C35H53NO4S2. The predicted molar refractivity (Wildman–Crippen MR) is 179 cm³/mol. The average Bonchev–Trinajstić information content (AvgIpc) is 2.90. The Balaban J connectivity index is 2.12. The van der Waals surface area contributed by atoms with Gasteiger partial charge in [0.25, 0.3) is 0 Å². The Morgan fingerprint density at radius 2 is 1.29 bits per heavy atom. The summed E-state index contributed by atoms with van der Waals surface area (Å²) < 4.78 is 5.72. The number of thioether (sulfide) groups is 2. The maximum Gasteiger partial charge on any atom is 0.407 e. The highest BCUT2D eigenvalue weighted by Crippen LogP contribution is 2.54. The van der Waals surface area contributed by atoms with Crippen LogP contribution < -0.4 is 4.74 Å². The van der Waals surface area contributed by atoms with E-state index in [-0.39, 0.29) is 14.9 Å². The van der Waals surface area contributed by atoms with Crippen molar-refractivity contribution in [1.29, 1.82) is 0 Å². The molecule has 0 aromatic heterocycles. The number of aryl methyl sites for hydroxylation is 2. The number of carboxylic acid groups (broad SMARTS) is 1. The first-order chi connectivity index (χ1) is 19.6. The minimum Gasteiger partial charge on any atom is -0.507 e. The Morgan fingerprint density at radius 1 is 0.857 bits per heavy atom. The molecule has 7 heteroatoms. The minimum atomic E-state index is -0.846. The number of rotatable bonds is 11. The number of hydrogen-bond donors (Lipinski definition) is 2. The van der Waals surface area contributed by atoms with E-state index in [1.54, 1.807) is 12.0 Å². The molecule has 0 bridgehead atoms. The fourth-order valence-corrected chi connectivity index (χ4v) is 8.79. The molecule has 1 aliphatic heterocycles. The molecule has 234 valence electrons. The van der Waals surface area contributed by atoms with Crippen molar-refractivity contribution in [3.05, 3.63) is 46.5 Å². The van der Waals surface area contributed by atoms with Crippen molar-refractivity contribution >= 4 is 29.6 Å². The third kappa shape index (κ3) is 8.56. The van der Waals surface area contributed by atoms with Crippen molar-refractivity contribution < 1.29 is 19.7 Å². The second kappa shape index (κ2) is 14.2. The number of amides is 1. The maximum atomic E-state index is 11.9. The summed E-state index contributed by atoms with van der Waals surface area (Å²) in [6.45, 7) is 18.3. The van der Waals surface area contributed by atoms with E-state index < -0.39 is 6.09 Å². The summed E-state index contributed by atoms with van der Waals surface area (Å²) in [7, 11) is 1.79. The largest absolute Gasteiger partial charge is 0.507 e. The molecular weight excluding hydrogens is 563 g/mol. The van der Waals surface area contributed by atoms with Gasteiger partial charge in [0.05, 0.1) is 11.2 Å². The van der Waals surface area contributed by atoms with Gasteiger partial charge < -0.3 is 19.8 Å². The molecule has 2 aromatic carbocycles. The van der Waals surface area contributed by atoms with Crippen molar-refractivity contribution in [3.63, 3.8) is 0 Å². The molecule has 0 radical (unpaired) electrons. The molecule has 1 saturated heterocycles. The SMILES string of the molecule is CCCCc1cc(SC2(Sc3cc(C(C)(C)C)c(O)c(C(C)(C)C)c3)CCN(C(=O)O)CC2)cc(CCCC)c1OC. The number of nitrogens with zero attached hydrogens (tertiary/aromatic N) is 1. The van der Waals surface area contributed by atoms with Crippen LogP contribution in [0.2, 0.25) is 0 Å². The van der Waals surface area contributed by atoms with Crippen LogP contribution in [0, 0.1) is 0 Å². The van der Waals surface area contributed by atoms with Gasteiger partial charge in [-0.15, -0.1) is 23.5 Å². The molecule has 2 aromatic rings. The van der Waals surface area contributed by atoms with Crippen LogP contribution in [0.15, 0.2) is 34.1 Å². The summed E-state index contributed by atoms with van der Waals surface area (Å²) in [5, 5.41) is 21.1. The fourth-order valence-electron chi connectivity index (χ4n) is 5.65. The molecule has 1 heterocycles. The van der Waals surface area contributed by atoms with Crippen LogP contribution in [0.25, 0.3) is 0 Å². The lowest BCUT2D eigenvalue weighted by Gasteiger charge is -2.40. The summed E-state index contributed by atoms with van der Waals surface area (Å²) in [6, 6.07) is 8.96. The van der Waals surface area contributed by atoms with Gasteiger partial charge in [0.2, 0.25) is 0 Å². The second-order valence-corrected chi connectivity index (χ2v) is 16.9. The Hall–Kier alpha value is -1.99. The predicted octanol–water partition coefficient (Wildman–Crippen LogP) is 10.0. The van der Waals surface area contributed by atoms with Crippen LogP contribution in [0.4, 0.5) is 4.79 Å². The number of unbranched alkanes of at least 4 members (excludes halogenated alkanes) is 2. The minimum absolute atomic E-state index is 0.216. The van der Waals surface area contributed by atoms with Gasteiger partial charge >= 0.3 is 6.09 Å². The normalized spacial score (nSPS) is 15.6. The van der Waals surface area contributed by atoms with Crippen molar-refractivity contribution in [2.24, 2.45) is 0 Å². The van der Waals surface area contributed by atoms with Gasteiger partial charge in [-0.05, 0) is 84.7 Å². The zero-order chi connectivity index (χ0) is 31.3. The van der Waals surface area contributed by atoms with E-state index in [0.29, 0.717) is 18.8 Å². The highest BCUT2D eigenvalue weighted by Gasteiger charge is 2.39. The van der Waals surface area contributed by atoms with Crippen LogP contribution in [0.5, 0.6) is 11.5 Å². The molecule has 2 N–H and O–H groups in total. The number of phenols is 1. The average molecular weight is 616 g/mol. The molecule has 1 amide bonds. The second-order valence-electron chi connectivity index (χ2n) is 13.7. The van der Waals surface area contributed by atoms with Gasteiger partial charge in [0.1, 0.15) is 11.5 Å². The van der Waals surface area contributed by atoms with Gasteiger partial charge in [-0.1, -0.05) is 68.2 Å². The van der Waals surface area contributed by atoms with E-state index >= 15 is 0 Å². The quantitative estimate of drug-likeness (QED) is 0.245. The maximum absolute atomic E-state index is 11.9. The lowest BCUT2D eigenvalue weighted by atomic mass is 9.79. The number of benzene rings is 2. The van der Waals surface area contributed by atoms with E-state index in [1.807, 2.05) is 23.5 Å². The molecule has 3 rings (SSSR count). The molecule has 0 spiro atoms. The van der Waals surface area contributed by atoms with Gasteiger partial charge in [-0.25, -0.2) is 4.79 Å². The van der Waals surface area contributed by atoms with Crippen molar-refractivity contribution in [3.8, 4) is 11.5 Å². The summed E-state index contributed by atoms with van der Waals surface area (Å²) in [6.07, 6.45) is 7.10. The van der Waals surface area contributed by atoms with E-state index in [4.69, 9.17) is 4.74 Å². The third-order valence-corrected chi connectivity index (χ3v) is 11.1. The van der Waals surface area contributed by atoms with Gasteiger partial charge in [0.15, 0.2) is 0 Å². The van der Waals surface area contributed by atoms with E-state index in [0.717, 1.165) is 73.1 Å². The number of ether oxygens (including phenoxy) is 1. The van der Waals surface area contributed by atoms with Crippen LogP contribution in [0.3, 0.4) is 0 Å². The summed E-state index contributed by atoms with van der Waals surface area (Å²) >= 11 is 3.74. The molecule has 0 saturated carbocycles. The Bertz CT molecular complexity index is 1160. The van der Waals surface area contributed by atoms with Crippen LogP contribution in [-0.4, -0.2) is 45.5 Å². The van der Waals surface area contributed by atoms with E-state index in [2.05, 4.69) is 79.7 Å². The zero-order valence-corrected chi connectivity index (χ0v) is 29.0. The number of aromatic hydroxyl groups is 1. The van der Waals surface area contributed by atoms with Gasteiger partial charge in [-0.3, -0.25) is 0 Å². The topological polar surface area (TPSA) is 70.0 Å². The number of hydrogen-bond acceptors (Lipinski definition) is 5. The molecule has 1 aliphatic rings. The molecule has 0 unspecified atom stereocenters. The van der Waals surface area contributed by atoms with Crippen LogP contribution in [0.1, 0.15) is 116 Å². The number of piperidine rings is 1. The first-order valence-electron chi connectivity index (χ1n) is 15.6. The smallest absolute Gasteiger partial charge is 0.407 e. The van der Waals surface area contributed by atoms with Gasteiger partial charge in [-0.2, -0.15) is 0 Å². The summed E-state index contributed by atoms with van der Waals surface area (Å²) in [5.74, 6) is 1.42. The standard InChI is InChI=1S/C35H53NO4S2/c1-10-12-14-24-20-26(21-25(15-13-11-2)31(24)40-9)41-35(16-18-36(19-17-35)32(38)39)42-27-22-28(33(3,4)5)30(37)29(23-27)34(6,7)8/h20-23,37H,10-19H2,1-9H3,(H,38,39). The summed E-state index contributed by atoms with van der Waals surface area (Å²) in [5.41, 5.74) is 4.02. The van der Waals surface area contributed by atoms with Crippen molar-refractivity contribution in [2.75, 3.05) is 20.2 Å². The molecule has 5 nitrogen and oxygen atoms in total. The lowest BCUT2D eigenvalue weighted by molar-refractivity contribution is 0.135. The first-order valence-corrected chi connectivity index (χ1v) is 17.2.